The fourth-order valence-corrected chi connectivity index (χ4v) is 3.10. The smallest absolute Gasteiger partial charge is 0.156 e. The predicted molar refractivity (Wildman–Crippen MR) is 79.5 cm³/mol. The van der Waals surface area contributed by atoms with Crippen LogP contribution in [-0.2, 0) is 0 Å². The standard InChI is InChI=1S/C14H18N4S/c1-2-4-6-11(5-3-1)7-8-15-13-12-14(17-9-16-13)19-10-18-12/h5,9-10H,1-4,6-8H2,(H,15,16,17). The number of anilines is 1. The first-order chi connectivity index (χ1) is 9.43. The highest BCUT2D eigenvalue weighted by molar-refractivity contribution is 7.16. The molecule has 0 bridgehead atoms. The van der Waals surface area contributed by atoms with Crippen LogP contribution in [0.3, 0.4) is 0 Å². The van der Waals surface area contributed by atoms with Crippen LogP contribution >= 0.6 is 11.3 Å². The maximum absolute atomic E-state index is 4.32. The van der Waals surface area contributed by atoms with Crippen molar-refractivity contribution < 1.29 is 0 Å². The molecule has 100 valence electrons. The molecule has 0 aliphatic heterocycles. The largest absolute Gasteiger partial charge is 0.368 e. The average Bonchev–Trinajstić information content (AvgIpc) is 2.77. The van der Waals surface area contributed by atoms with Gasteiger partial charge in [0.05, 0.1) is 5.51 Å². The highest BCUT2D eigenvalue weighted by Crippen LogP contribution is 2.22. The molecule has 0 unspecified atom stereocenters. The van der Waals surface area contributed by atoms with Crippen molar-refractivity contribution in [1.82, 2.24) is 15.0 Å². The van der Waals surface area contributed by atoms with Crippen LogP contribution in [0.15, 0.2) is 23.5 Å². The van der Waals surface area contributed by atoms with Crippen molar-refractivity contribution in [1.29, 1.82) is 0 Å². The fraction of sp³-hybridized carbons (Fsp3) is 0.500. The molecule has 0 aromatic carbocycles. The second-order valence-electron chi connectivity index (χ2n) is 4.87. The number of hydrogen-bond donors (Lipinski definition) is 1. The van der Waals surface area contributed by atoms with Gasteiger partial charge in [-0.25, -0.2) is 15.0 Å². The summed E-state index contributed by atoms with van der Waals surface area (Å²) in [7, 11) is 0. The lowest BCUT2D eigenvalue weighted by atomic mass is 10.1. The molecule has 1 aliphatic carbocycles. The zero-order chi connectivity index (χ0) is 12.9. The molecule has 0 fully saturated rings. The van der Waals surface area contributed by atoms with Crippen LogP contribution in [0.25, 0.3) is 10.3 Å². The summed E-state index contributed by atoms with van der Waals surface area (Å²) < 4.78 is 0. The van der Waals surface area contributed by atoms with E-state index in [1.54, 1.807) is 23.2 Å². The van der Waals surface area contributed by atoms with Crippen LogP contribution in [0.2, 0.25) is 0 Å². The summed E-state index contributed by atoms with van der Waals surface area (Å²) in [4.78, 5) is 13.8. The van der Waals surface area contributed by atoms with Gasteiger partial charge in [-0.3, -0.25) is 0 Å². The van der Waals surface area contributed by atoms with Gasteiger partial charge in [-0.2, -0.15) is 0 Å². The third-order valence-corrected chi connectivity index (χ3v) is 4.24. The lowest BCUT2D eigenvalue weighted by molar-refractivity contribution is 0.704. The molecule has 1 aliphatic rings. The molecule has 2 aromatic heterocycles. The summed E-state index contributed by atoms with van der Waals surface area (Å²) in [5.74, 6) is 0.862. The van der Waals surface area contributed by atoms with Gasteiger partial charge >= 0.3 is 0 Å². The van der Waals surface area contributed by atoms with E-state index in [4.69, 9.17) is 0 Å². The molecule has 0 saturated heterocycles. The monoisotopic (exact) mass is 274 g/mol. The van der Waals surface area contributed by atoms with Crippen molar-refractivity contribution in [3.8, 4) is 0 Å². The van der Waals surface area contributed by atoms with Crippen LogP contribution < -0.4 is 5.32 Å². The van der Waals surface area contributed by atoms with E-state index in [1.165, 1.54) is 32.1 Å². The number of rotatable bonds is 4. The van der Waals surface area contributed by atoms with E-state index in [-0.39, 0.29) is 0 Å². The van der Waals surface area contributed by atoms with Gasteiger partial charge in [0.1, 0.15) is 16.7 Å². The zero-order valence-electron chi connectivity index (χ0n) is 10.9. The summed E-state index contributed by atoms with van der Waals surface area (Å²) >= 11 is 1.55. The second kappa shape index (κ2) is 6.10. The Kier molecular flexibility index (Phi) is 4.03. The van der Waals surface area contributed by atoms with Gasteiger partial charge in [0.15, 0.2) is 5.82 Å². The van der Waals surface area contributed by atoms with Gasteiger partial charge in [-0.05, 0) is 32.1 Å². The van der Waals surface area contributed by atoms with E-state index in [0.717, 1.165) is 29.1 Å². The second-order valence-corrected chi connectivity index (χ2v) is 5.70. The SMILES string of the molecule is C1=C(CCNc2ncnc3scnc23)CCCCC1. The van der Waals surface area contributed by atoms with E-state index in [0.29, 0.717) is 0 Å². The molecule has 5 heteroatoms. The maximum Gasteiger partial charge on any atom is 0.156 e. The number of thiazole rings is 1. The molecule has 4 nitrogen and oxygen atoms in total. The Hall–Kier alpha value is -1.49. The average molecular weight is 274 g/mol. The van der Waals surface area contributed by atoms with E-state index < -0.39 is 0 Å². The summed E-state index contributed by atoms with van der Waals surface area (Å²) in [6, 6.07) is 0. The van der Waals surface area contributed by atoms with Crippen LogP contribution in [0, 0.1) is 0 Å². The Bertz CT molecular complexity index is 576. The fourth-order valence-electron chi connectivity index (χ4n) is 2.47. The molecule has 2 heterocycles. The van der Waals surface area contributed by atoms with Gasteiger partial charge in [0.25, 0.3) is 0 Å². The van der Waals surface area contributed by atoms with Crippen molar-refractivity contribution in [2.75, 3.05) is 11.9 Å². The van der Waals surface area contributed by atoms with Gasteiger partial charge in [0.2, 0.25) is 0 Å². The van der Waals surface area contributed by atoms with Crippen LogP contribution in [0.4, 0.5) is 5.82 Å². The van der Waals surface area contributed by atoms with Crippen molar-refractivity contribution in [2.24, 2.45) is 0 Å². The highest BCUT2D eigenvalue weighted by atomic mass is 32.1. The zero-order valence-corrected chi connectivity index (χ0v) is 11.7. The van der Waals surface area contributed by atoms with Gasteiger partial charge in [0, 0.05) is 6.54 Å². The molecule has 0 saturated carbocycles. The first kappa shape index (κ1) is 12.5. The van der Waals surface area contributed by atoms with Crippen molar-refractivity contribution in [3.63, 3.8) is 0 Å². The summed E-state index contributed by atoms with van der Waals surface area (Å²) in [6.45, 7) is 0.926. The number of fused-ring (bicyclic) bond motifs is 1. The van der Waals surface area contributed by atoms with Gasteiger partial charge in [-0.15, -0.1) is 11.3 Å². The summed E-state index contributed by atoms with van der Waals surface area (Å²) in [6.07, 6.45) is 11.7. The number of aromatic nitrogens is 3. The molecule has 0 radical (unpaired) electrons. The normalized spacial score (nSPS) is 16.1. The number of allylic oxidation sites excluding steroid dienone is 1. The Morgan fingerprint density at radius 1 is 1.16 bits per heavy atom. The maximum atomic E-state index is 4.32. The minimum atomic E-state index is 0.862. The predicted octanol–water partition coefficient (Wildman–Crippen LogP) is 3.78. The van der Waals surface area contributed by atoms with E-state index in [9.17, 15) is 0 Å². The number of nitrogens with one attached hydrogen (secondary N) is 1. The Labute approximate surface area is 117 Å². The van der Waals surface area contributed by atoms with Gasteiger partial charge in [-0.1, -0.05) is 18.1 Å². The summed E-state index contributed by atoms with van der Waals surface area (Å²) in [5, 5.41) is 3.39. The first-order valence-electron chi connectivity index (χ1n) is 6.89. The number of nitrogens with zero attached hydrogens (tertiary/aromatic N) is 3. The molecule has 0 spiro atoms. The number of hydrogen-bond acceptors (Lipinski definition) is 5. The topological polar surface area (TPSA) is 50.7 Å². The van der Waals surface area contributed by atoms with Crippen LogP contribution in [0.1, 0.15) is 38.5 Å². The first-order valence-corrected chi connectivity index (χ1v) is 7.77. The molecular formula is C14H18N4S. The molecule has 19 heavy (non-hydrogen) atoms. The molecule has 0 atom stereocenters. The summed E-state index contributed by atoms with van der Waals surface area (Å²) in [5.41, 5.74) is 4.30. The van der Waals surface area contributed by atoms with E-state index in [2.05, 4.69) is 26.3 Å². The Balaban J connectivity index is 1.60. The third kappa shape index (κ3) is 3.10. The van der Waals surface area contributed by atoms with Gasteiger partial charge < -0.3 is 5.32 Å². The van der Waals surface area contributed by atoms with Crippen LogP contribution in [-0.4, -0.2) is 21.5 Å². The minimum Gasteiger partial charge on any atom is -0.368 e. The molecule has 0 amide bonds. The van der Waals surface area contributed by atoms with Crippen molar-refractivity contribution in [2.45, 2.75) is 38.5 Å². The highest BCUT2D eigenvalue weighted by Gasteiger charge is 2.06. The van der Waals surface area contributed by atoms with Crippen LogP contribution in [0.5, 0.6) is 0 Å². The minimum absolute atomic E-state index is 0.862. The Morgan fingerprint density at radius 2 is 2.16 bits per heavy atom. The lowest BCUT2D eigenvalue weighted by Gasteiger charge is -2.08. The molecule has 2 aromatic rings. The molecular weight excluding hydrogens is 256 g/mol. The quantitative estimate of drug-likeness (QED) is 0.862. The van der Waals surface area contributed by atoms with E-state index in [1.807, 2.05) is 5.51 Å². The third-order valence-electron chi connectivity index (χ3n) is 3.51. The van der Waals surface area contributed by atoms with Crippen molar-refractivity contribution in [3.05, 3.63) is 23.5 Å². The van der Waals surface area contributed by atoms with E-state index >= 15 is 0 Å². The molecule has 1 N–H and O–H groups in total. The Morgan fingerprint density at radius 3 is 3.16 bits per heavy atom. The lowest BCUT2D eigenvalue weighted by Crippen LogP contribution is -2.05. The molecule has 3 rings (SSSR count). The van der Waals surface area contributed by atoms with Crippen molar-refractivity contribution >= 4 is 27.5 Å².